The molecule has 1 atom stereocenters. The molecule has 5 heteroatoms. The van der Waals surface area contributed by atoms with Gasteiger partial charge in [-0.25, -0.2) is 0 Å². The molecule has 1 fully saturated rings. The highest BCUT2D eigenvalue weighted by molar-refractivity contribution is 6.42. The summed E-state index contributed by atoms with van der Waals surface area (Å²) in [6.45, 7) is 5.12. The van der Waals surface area contributed by atoms with Crippen molar-refractivity contribution in [3.05, 3.63) is 33.8 Å². The summed E-state index contributed by atoms with van der Waals surface area (Å²) in [5.74, 6) is 0. The third-order valence-corrected chi connectivity index (χ3v) is 4.63. The van der Waals surface area contributed by atoms with Crippen molar-refractivity contribution >= 4 is 23.2 Å². The Hall–Kier alpha value is -0.790. The SMILES string of the molecule is C[C@@H](CC#N)NC1CCN(Cc2ccc(Cl)c(Cl)c2)CC1. The van der Waals surface area contributed by atoms with Crippen molar-refractivity contribution < 1.29 is 0 Å². The van der Waals surface area contributed by atoms with Crippen LogP contribution in [-0.4, -0.2) is 30.1 Å². The van der Waals surface area contributed by atoms with E-state index in [1.165, 1.54) is 5.56 Å². The minimum absolute atomic E-state index is 0.279. The second-order valence-corrected chi connectivity index (χ2v) is 6.54. The van der Waals surface area contributed by atoms with Gasteiger partial charge < -0.3 is 5.32 Å². The minimum Gasteiger partial charge on any atom is -0.310 e. The Morgan fingerprint density at radius 1 is 1.33 bits per heavy atom. The van der Waals surface area contributed by atoms with Crippen LogP contribution >= 0.6 is 23.2 Å². The molecule has 0 spiro atoms. The maximum absolute atomic E-state index is 8.70. The van der Waals surface area contributed by atoms with E-state index in [1.54, 1.807) is 0 Å². The molecule has 1 aliphatic rings. The maximum Gasteiger partial charge on any atom is 0.0638 e. The summed E-state index contributed by atoms with van der Waals surface area (Å²) < 4.78 is 0. The third-order valence-electron chi connectivity index (χ3n) is 3.90. The second-order valence-electron chi connectivity index (χ2n) is 5.73. The molecule has 1 N–H and O–H groups in total. The van der Waals surface area contributed by atoms with Crippen molar-refractivity contribution in [2.45, 2.75) is 44.8 Å². The minimum atomic E-state index is 0.279. The van der Waals surface area contributed by atoms with E-state index in [0.29, 0.717) is 22.5 Å². The number of halogens is 2. The fraction of sp³-hybridized carbons (Fsp3) is 0.562. The van der Waals surface area contributed by atoms with Gasteiger partial charge in [-0.2, -0.15) is 5.26 Å². The molecule has 0 aromatic heterocycles. The fourth-order valence-corrected chi connectivity index (χ4v) is 3.07. The number of nitriles is 1. The van der Waals surface area contributed by atoms with E-state index in [-0.39, 0.29) is 6.04 Å². The second kappa shape index (κ2) is 8.00. The lowest BCUT2D eigenvalue weighted by atomic mass is 10.0. The highest BCUT2D eigenvalue weighted by Gasteiger charge is 2.20. The predicted octanol–water partition coefficient (Wildman–Crippen LogP) is 3.85. The molecule has 1 aliphatic heterocycles. The highest BCUT2D eigenvalue weighted by atomic mass is 35.5. The topological polar surface area (TPSA) is 39.1 Å². The Labute approximate surface area is 136 Å². The van der Waals surface area contributed by atoms with Crippen LogP contribution in [0.15, 0.2) is 18.2 Å². The van der Waals surface area contributed by atoms with Gasteiger partial charge in [-0.05, 0) is 50.6 Å². The van der Waals surface area contributed by atoms with Crippen LogP contribution in [0, 0.1) is 11.3 Å². The number of benzene rings is 1. The number of likely N-dealkylation sites (tertiary alicyclic amines) is 1. The molecule has 0 unspecified atom stereocenters. The summed E-state index contributed by atoms with van der Waals surface area (Å²) in [6.07, 6.45) is 2.82. The van der Waals surface area contributed by atoms with E-state index in [2.05, 4.69) is 23.2 Å². The highest BCUT2D eigenvalue weighted by Crippen LogP contribution is 2.24. The van der Waals surface area contributed by atoms with E-state index < -0.39 is 0 Å². The molecule has 0 radical (unpaired) electrons. The van der Waals surface area contributed by atoms with Gasteiger partial charge >= 0.3 is 0 Å². The largest absolute Gasteiger partial charge is 0.310 e. The Morgan fingerprint density at radius 2 is 2.05 bits per heavy atom. The van der Waals surface area contributed by atoms with Crippen LogP contribution in [0.2, 0.25) is 10.0 Å². The van der Waals surface area contributed by atoms with Gasteiger partial charge in [-0.3, -0.25) is 4.90 Å². The van der Waals surface area contributed by atoms with Gasteiger partial charge in [-0.15, -0.1) is 0 Å². The van der Waals surface area contributed by atoms with E-state index >= 15 is 0 Å². The molecule has 1 aromatic carbocycles. The average molecular weight is 326 g/mol. The molecule has 114 valence electrons. The lowest BCUT2D eigenvalue weighted by molar-refractivity contribution is 0.185. The van der Waals surface area contributed by atoms with E-state index in [1.807, 2.05) is 18.2 Å². The summed E-state index contributed by atoms with van der Waals surface area (Å²) in [5.41, 5.74) is 1.20. The molecule has 0 saturated carbocycles. The lowest BCUT2D eigenvalue weighted by Crippen LogP contribution is -2.45. The molecule has 1 aromatic rings. The normalized spacial score (nSPS) is 18.4. The van der Waals surface area contributed by atoms with Gasteiger partial charge in [0.1, 0.15) is 0 Å². The van der Waals surface area contributed by atoms with Crippen LogP contribution in [-0.2, 0) is 6.54 Å². The zero-order valence-corrected chi connectivity index (χ0v) is 13.8. The predicted molar refractivity (Wildman–Crippen MR) is 87.6 cm³/mol. The number of nitrogens with zero attached hydrogens (tertiary/aromatic N) is 2. The van der Waals surface area contributed by atoms with Crippen molar-refractivity contribution in [3.63, 3.8) is 0 Å². The molecular formula is C16H21Cl2N3. The van der Waals surface area contributed by atoms with Crippen LogP contribution < -0.4 is 5.32 Å². The first-order chi connectivity index (χ1) is 10.1. The van der Waals surface area contributed by atoms with Crippen LogP contribution in [0.5, 0.6) is 0 Å². The van der Waals surface area contributed by atoms with Crippen molar-refractivity contribution in [1.29, 1.82) is 5.26 Å². The van der Waals surface area contributed by atoms with Crippen LogP contribution in [0.3, 0.4) is 0 Å². The first kappa shape index (κ1) is 16.6. The standard InChI is InChI=1S/C16H21Cl2N3/c1-12(4-7-19)20-14-5-8-21(9-6-14)11-13-2-3-15(17)16(18)10-13/h2-3,10,12,14,20H,4-6,8-9,11H2,1H3/t12-/m0/s1. The van der Waals surface area contributed by atoms with Crippen LogP contribution in [0.1, 0.15) is 31.7 Å². The summed E-state index contributed by atoms with van der Waals surface area (Å²) in [4.78, 5) is 2.44. The molecule has 0 bridgehead atoms. The number of rotatable bonds is 5. The maximum atomic E-state index is 8.70. The smallest absolute Gasteiger partial charge is 0.0638 e. The summed E-state index contributed by atoms with van der Waals surface area (Å²) in [6, 6.07) is 8.86. The lowest BCUT2D eigenvalue weighted by Gasteiger charge is -2.33. The van der Waals surface area contributed by atoms with Crippen molar-refractivity contribution in [1.82, 2.24) is 10.2 Å². The molecule has 0 amide bonds. The van der Waals surface area contributed by atoms with Gasteiger partial charge in [0.05, 0.1) is 22.5 Å². The average Bonchev–Trinajstić information content (AvgIpc) is 2.45. The fourth-order valence-electron chi connectivity index (χ4n) is 2.75. The molecule has 1 heterocycles. The summed E-state index contributed by atoms with van der Waals surface area (Å²) in [5, 5.41) is 13.5. The van der Waals surface area contributed by atoms with Gasteiger partial charge in [0.25, 0.3) is 0 Å². The Kier molecular flexibility index (Phi) is 6.32. The Morgan fingerprint density at radius 3 is 2.67 bits per heavy atom. The molecule has 21 heavy (non-hydrogen) atoms. The van der Waals surface area contributed by atoms with Crippen molar-refractivity contribution in [2.24, 2.45) is 0 Å². The number of nitrogens with one attached hydrogen (secondary N) is 1. The van der Waals surface area contributed by atoms with Gasteiger partial charge in [0.15, 0.2) is 0 Å². The number of hydrogen-bond acceptors (Lipinski definition) is 3. The van der Waals surface area contributed by atoms with Gasteiger partial charge in [-0.1, -0.05) is 29.3 Å². The third kappa shape index (κ3) is 5.16. The Balaban J connectivity index is 1.79. The summed E-state index contributed by atoms with van der Waals surface area (Å²) >= 11 is 12.0. The summed E-state index contributed by atoms with van der Waals surface area (Å²) in [7, 11) is 0. The van der Waals surface area contributed by atoms with Crippen molar-refractivity contribution in [2.75, 3.05) is 13.1 Å². The molecule has 3 nitrogen and oxygen atoms in total. The van der Waals surface area contributed by atoms with Gasteiger partial charge in [0, 0.05) is 18.6 Å². The number of hydrogen-bond donors (Lipinski definition) is 1. The zero-order chi connectivity index (χ0) is 15.2. The zero-order valence-electron chi connectivity index (χ0n) is 12.3. The number of piperidine rings is 1. The quantitative estimate of drug-likeness (QED) is 0.893. The van der Waals surface area contributed by atoms with Crippen LogP contribution in [0.25, 0.3) is 0 Å². The first-order valence-electron chi connectivity index (χ1n) is 7.37. The Bertz CT molecular complexity index is 505. The molecule has 2 rings (SSSR count). The molecule has 1 saturated heterocycles. The van der Waals surface area contributed by atoms with Crippen LogP contribution in [0.4, 0.5) is 0 Å². The van der Waals surface area contributed by atoms with Crippen molar-refractivity contribution in [3.8, 4) is 6.07 Å². The molecular weight excluding hydrogens is 305 g/mol. The molecule has 0 aliphatic carbocycles. The first-order valence-corrected chi connectivity index (χ1v) is 8.13. The monoisotopic (exact) mass is 325 g/mol. The van der Waals surface area contributed by atoms with E-state index in [9.17, 15) is 0 Å². The van der Waals surface area contributed by atoms with E-state index in [0.717, 1.165) is 32.5 Å². The van der Waals surface area contributed by atoms with E-state index in [4.69, 9.17) is 28.5 Å². The van der Waals surface area contributed by atoms with Gasteiger partial charge in [0.2, 0.25) is 0 Å².